The minimum Gasteiger partial charge on any atom is -0.491 e. The number of rotatable bonds is 11. The van der Waals surface area contributed by atoms with E-state index in [0.29, 0.717) is 70.4 Å². The fourth-order valence-electron chi connectivity index (χ4n) is 9.14. The topological polar surface area (TPSA) is 247 Å². The van der Waals surface area contributed by atoms with Gasteiger partial charge in [0.05, 0.1) is 18.2 Å². The van der Waals surface area contributed by atoms with Gasteiger partial charge in [0.1, 0.15) is 60.5 Å². The summed E-state index contributed by atoms with van der Waals surface area (Å²) in [5.41, 5.74) is 13.8. The highest BCUT2D eigenvalue weighted by Crippen LogP contribution is 2.42. The normalized spacial score (nSPS) is 16.6. The molecule has 19 heteroatoms. The van der Waals surface area contributed by atoms with Gasteiger partial charge < -0.3 is 55.7 Å². The van der Waals surface area contributed by atoms with Crippen LogP contribution in [-0.4, -0.2) is 101 Å². The number of amides is 2. The predicted molar refractivity (Wildman–Crippen MR) is 288 cm³/mol. The smallest absolute Gasteiger partial charge is 0.416 e. The number of ether oxygens (including phenoxy) is 5. The van der Waals surface area contributed by atoms with E-state index in [9.17, 15) is 20.0 Å². The van der Waals surface area contributed by atoms with E-state index in [0.717, 1.165) is 74.9 Å². The van der Waals surface area contributed by atoms with Crippen molar-refractivity contribution < 1.29 is 43.5 Å². The van der Waals surface area contributed by atoms with Crippen LogP contribution in [0, 0.1) is 11.3 Å². The first-order chi connectivity index (χ1) is 36.0. The van der Waals surface area contributed by atoms with Gasteiger partial charge in [0.25, 0.3) is 0 Å². The molecule has 6 aromatic carbocycles. The number of aliphatic hydroxyl groups excluding tert-OH is 2. The summed E-state index contributed by atoms with van der Waals surface area (Å²) < 4.78 is 28.1. The van der Waals surface area contributed by atoms with Gasteiger partial charge in [-0.3, -0.25) is 9.80 Å². The molecule has 3 aliphatic heterocycles. The Balaban J connectivity index is 0.000000191. The van der Waals surface area contributed by atoms with Gasteiger partial charge in [0.15, 0.2) is 0 Å². The first kappa shape index (κ1) is 54.0. The van der Waals surface area contributed by atoms with E-state index in [1.807, 2.05) is 66.7 Å². The predicted octanol–water partition coefficient (Wildman–Crippen LogP) is 10.7. The van der Waals surface area contributed by atoms with Gasteiger partial charge in [0, 0.05) is 75.0 Å². The lowest BCUT2D eigenvalue weighted by molar-refractivity contribution is 0.114. The molecule has 4 unspecified atom stereocenters. The number of nitriles is 1. The quantitative estimate of drug-likeness (QED) is 0.0662. The van der Waals surface area contributed by atoms with Crippen molar-refractivity contribution in [2.45, 2.75) is 37.1 Å². The Kier molecular flexibility index (Phi) is 17.5. The number of nitrogens with one attached hydrogen (secondary N) is 2. The Hall–Kier alpha value is -7.30. The minimum atomic E-state index is -0.747. The highest BCUT2D eigenvalue weighted by Gasteiger charge is 2.37. The van der Waals surface area contributed by atoms with Gasteiger partial charge >= 0.3 is 12.2 Å². The molecule has 75 heavy (non-hydrogen) atoms. The van der Waals surface area contributed by atoms with Crippen molar-refractivity contribution in [3.63, 3.8) is 0 Å². The number of aliphatic hydroxyl groups is 2. The Labute approximate surface area is 447 Å². The maximum atomic E-state index is 13.4. The van der Waals surface area contributed by atoms with Crippen molar-refractivity contribution in [1.29, 1.82) is 5.26 Å². The monoisotopic (exact) mass is 1070 g/mol. The van der Waals surface area contributed by atoms with Crippen LogP contribution < -0.4 is 30.8 Å². The number of nitrogens with two attached hydrogens (primary N) is 1. The Morgan fingerprint density at radius 3 is 1.59 bits per heavy atom. The minimum absolute atomic E-state index is 0. The number of aromatic amines is 2. The SMILES string of the molecule is CO.N.N#Cc1ccc2[nH]c3c(c2c1)CCN(C(=O)Oc1ccc(Cl)cc1)C3c1ccc(OCC(O)CN)cc1.O=C(Oc1ccc(Cl)cc1)N1CCc2c([nH]c3ccc(Cl)cc23)C1c1ccc(OCC2CO2)cc1. The Morgan fingerprint density at radius 1 is 0.680 bits per heavy atom. The molecule has 0 saturated carbocycles. The molecule has 388 valence electrons. The number of nitrogens with zero attached hydrogens (tertiary/aromatic N) is 3. The Morgan fingerprint density at radius 2 is 1.12 bits per heavy atom. The summed E-state index contributed by atoms with van der Waals surface area (Å²) in [6.07, 6.45) is -0.180. The van der Waals surface area contributed by atoms with Gasteiger partial charge in [-0.25, -0.2) is 9.59 Å². The van der Waals surface area contributed by atoms with Crippen molar-refractivity contribution in [1.82, 2.24) is 25.9 Å². The molecule has 3 aliphatic rings. The van der Waals surface area contributed by atoms with E-state index in [1.165, 1.54) is 0 Å². The highest BCUT2D eigenvalue weighted by molar-refractivity contribution is 6.31. The standard InChI is InChI=1S/C28H25ClN4O4.C27H22Cl2N2O4.CH4O.H3N/c29-19-4-8-22(9-5-19)37-28(35)33-12-11-23-24-13-17(14-30)1-10-25(24)32-26(23)27(33)18-2-6-21(7-3-18)36-16-20(34)15-31;28-17-3-8-20(9-4-17)35-27(32)31-12-11-22-23-13-18(29)5-10-24(23)30-25(22)26(31)16-1-6-19(7-2-16)33-14-21-15-34-21;1-2;/h1-10,13,20,27,32,34H,11-12,15-16,31H2;1-10,13,21,26,30H,11-12,14-15H2;2H,1H3;1H3. The lowest BCUT2D eigenvalue weighted by atomic mass is 9.92. The number of H-pyrrole nitrogens is 2. The number of aromatic nitrogens is 2. The molecule has 16 nitrogen and oxygen atoms in total. The molecule has 1 fully saturated rings. The van der Waals surface area contributed by atoms with Crippen LogP contribution in [0.2, 0.25) is 15.1 Å². The van der Waals surface area contributed by atoms with E-state index < -0.39 is 24.3 Å². The van der Waals surface area contributed by atoms with Gasteiger partial charge in [-0.15, -0.1) is 0 Å². The number of benzene rings is 6. The molecular weight excluding hydrogens is 1020 g/mol. The number of epoxide rings is 1. The number of carbonyl (C=O) groups excluding carboxylic acids is 2. The largest absolute Gasteiger partial charge is 0.491 e. The number of carbonyl (C=O) groups is 2. The molecule has 0 spiro atoms. The molecule has 11 rings (SSSR count). The van der Waals surface area contributed by atoms with Crippen LogP contribution in [0.15, 0.2) is 133 Å². The molecule has 1 saturated heterocycles. The van der Waals surface area contributed by atoms with Gasteiger partial charge in [-0.2, -0.15) is 5.26 Å². The van der Waals surface area contributed by atoms with E-state index in [1.54, 1.807) is 76.5 Å². The van der Waals surface area contributed by atoms with Crippen LogP contribution >= 0.6 is 34.8 Å². The van der Waals surface area contributed by atoms with Crippen LogP contribution in [0.1, 0.15) is 51.3 Å². The average Bonchev–Trinajstić information content (AvgIpc) is 4.09. The van der Waals surface area contributed by atoms with Crippen molar-refractivity contribution in [3.8, 4) is 29.1 Å². The molecule has 0 aliphatic carbocycles. The number of hydrogen-bond donors (Lipinski definition) is 6. The molecule has 9 N–H and O–H groups in total. The van der Waals surface area contributed by atoms with Crippen LogP contribution in [0.4, 0.5) is 9.59 Å². The van der Waals surface area contributed by atoms with E-state index in [2.05, 4.69) is 16.0 Å². The summed E-state index contributed by atoms with van der Waals surface area (Å²) in [4.78, 5) is 37.2. The third-order valence-electron chi connectivity index (χ3n) is 12.8. The summed E-state index contributed by atoms with van der Waals surface area (Å²) in [7, 11) is 1.00. The third-order valence-corrected chi connectivity index (χ3v) is 13.5. The average molecular weight is 1080 g/mol. The fourth-order valence-corrected chi connectivity index (χ4v) is 9.56. The van der Waals surface area contributed by atoms with Crippen molar-refractivity contribution >= 4 is 68.8 Å². The zero-order chi connectivity index (χ0) is 51.9. The number of fused-ring (bicyclic) bond motifs is 6. The molecule has 4 atom stereocenters. The lowest BCUT2D eigenvalue weighted by Gasteiger charge is -2.35. The van der Waals surface area contributed by atoms with Gasteiger partial charge in [-0.1, -0.05) is 59.1 Å². The second-order valence-corrected chi connectivity index (χ2v) is 18.8. The van der Waals surface area contributed by atoms with E-state index in [4.69, 9.17) is 69.3 Å². The summed E-state index contributed by atoms with van der Waals surface area (Å²) in [6.45, 7) is 2.41. The summed E-state index contributed by atoms with van der Waals surface area (Å²) >= 11 is 18.2. The molecule has 2 aromatic heterocycles. The lowest BCUT2D eigenvalue weighted by Crippen LogP contribution is -2.42. The molecule has 8 aromatic rings. The van der Waals surface area contributed by atoms with Crippen LogP contribution in [-0.2, 0) is 17.6 Å². The number of hydrogen-bond acceptors (Lipinski definition) is 12. The maximum Gasteiger partial charge on any atom is 0.416 e. The number of halogens is 3. The molecular formula is C56H54Cl3N7O9. The fraction of sp³-hybridized carbons (Fsp3) is 0.232. The van der Waals surface area contributed by atoms with Gasteiger partial charge in [0.2, 0.25) is 0 Å². The zero-order valence-electron chi connectivity index (χ0n) is 40.7. The molecule has 5 heterocycles. The van der Waals surface area contributed by atoms with Crippen molar-refractivity contribution in [2.24, 2.45) is 5.73 Å². The molecule has 0 bridgehead atoms. The van der Waals surface area contributed by atoms with Crippen molar-refractivity contribution in [3.05, 3.63) is 188 Å². The van der Waals surface area contributed by atoms with E-state index >= 15 is 0 Å². The summed E-state index contributed by atoms with van der Waals surface area (Å²) in [5, 5.41) is 29.9. The van der Waals surface area contributed by atoms with E-state index in [-0.39, 0.29) is 31.4 Å². The second kappa shape index (κ2) is 24.4. The third kappa shape index (κ3) is 12.5. The van der Waals surface area contributed by atoms with Crippen LogP contribution in [0.3, 0.4) is 0 Å². The Bertz CT molecular complexity index is 3290. The summed E-state index contributed by atoms with van der Waals surface area (Å²) in [6, 6.07) is 41.3. The first-order valence-corrected chi connectivity index (χ1v) is 24.9. The molecule has 2 amide bonds. The first-order valence-electron chi connectivity index (χ1n) is 23.7. The molecule has 0 radical (unpaired) electrons. The maximum absolute atomic E-state index is 13.4. The van der Waals surface area contributed by atoms with Crippen LogP contribution in [0.5, 0.6) is 23.0 Å². The van der Waals surface area contributed by atoms with Crippen molar-refractivity contribution in [2.75, 3.05) is 46.6 Å². The highest BCUT2D eigenvalue weighted by atomic mass is 35.5. The van der Waals surface area contributed by atoms with Crippen LogP contribution in [0.25, 0.3) is 21.8 Å². The second-order valence-electron chi connectivity index (χ2n) is 17.5. The van der Waals surface area contributed by atoms with Gasteiger partial charge in [-0.05, 0) is 144 Å². The zero-order valence-corrected chi connectivity index (χ0v) is 42.9. The summed E-state index contributed by atoms with van der Waals surface area (Å²) in [5.74, 6) is 2.19.